The highest BCUT2D eigenvalue weighted by Gasteiger charge is 2.07. The van der Waals surface area contributed by atoms with Crippen LogP contribution in [0.4, 0.5) is 10.1 Å². The summed E-state index contributed by atoms with van der Waals surface area (Å²) >= 11 is 0. The van der Waals surface area contributed by atoms with E-state index < -0.39 is 5.82 Å². The van der Waals surface area contributed by atoms with Gasteiger partial charge >= 0.3 is 0 Å². The first-order valence-corrected chi connectivity index (χ1v) is 5.89. The maximum Gasteiger partial charge on any atom is 0.167 e. The third-order valence-corrected chi connectivity index (χ3v) is 2.74. The van der Waals surface area contributed by atoms with Gasteiger partial charge in [0.15, 0.2) is 11.6 Å². The fourth-order valence-corrected chi connectivity index (χ4v) is 1.71. The SMILES string of the molecule is COc1cc(COc2ccc(N)cc2F)ccc1C#N. The Morgan fingerprint density at radius 3 is 2.65 bits per heavy atom. The van der Waals surface area contributed by atoms with Crippen LogP contribution in [0, 0.1) is 17.1 Å². The van der Waals surface area contributed by atoms with Crippen molar-refractivity contribution in [2.24, 2.45) is 0 Å². The molecule has 0 saturated heterocycles. The van der Waals surface area contributed by atoms with Crippen molar-refractivity contribution in [3.05, 3.63) is 53.3 Å². The van der Waals surface area contributed by atoms with Crippen molar-refractivity contribution in [2.75, 3.05) is 12.8 Å². The standard InChI is InChI=1S/C15H13FN2O2/c1-19-15-6-10(2-3-11(15)8-17)9-20-14-5-4-12(18)7-13(14)16/h2-7H,9,18H2,1H3. The molecule has 102 valence electrons. The number of halogens is 1. The molecule has 0 aliphatic rings. The highest BCUT2D eigenvalue weighted by atomic mass is 19.1. The van der Waals surface area contributed by atoms with Gasteiger partial charge in [0.25, 0.3) is 0 Å². The van der Waals surface area contributed by atoms with E-state index in [0.29, 0.717) is 17.0 Å². The first kappa shape index (κ1) is 13.7. The molecule has 0 fully saturated rings. The maximum atomic E-state index is 13.5. The summed E-state index contributed by atoms with van der Waals surface area (Å²) in [5, 5.41) is 8.89. The normalized spacial score (nSPS) is 9.85. The topological polar surface area (TPSA) is 68.3 Å². The van der Waals surface area contributed by atoms with Gasteiger partial charge in [-0.05, 0) is 29.8 Å². The molecule has 0 bridgehead atoms. The molecule has 0 atom stereocenters. The average Bonchev–Trinajstić information content (AvgIpc) is 2.46. The molecule has 0 radical (unpaired) electrons. The lowest BCUT2D eigenvalue weighted by Crippen LogP contribution is -1.99. The number of anilines is 1. The average molecular weight is 272 g/mol. The number of ether oxygens (including phenoxy) is 2. The molecule has 5 heteroatoms. The summed E-state index contributed by atoms with van der Waals surface area (Å²) in [5.74, 6) is 0.0829. The Morgan fingerprint density at radius 2 is 2.00 bits per heavy atom. The molecular formula is C15H13FN2O2. The quantitative estimate of drug-likeness (QED) is 0.869. The van der Waals surface area contributed by atoms with E-state index in [1.807, 2.05) is 6.07 Å². The largest absolute Gasteiger partial charge is 0.495 e. The van der Waals surface area contributed by atoms with Crippen molar-refractivity contribution in [3.8, 4) is 17.6 Å². The molecule has 0 spiro atoms. The van der Waals surface area contributed by atoms with E-state index in [-0.39, 0.29) is 12.4 Å². The molecule has 2 rings (SSSR count). The van der Waals surface area contributed by atoms with Gasteiger partial charge in [-0.1, -0.05) is 6.07 Å². The van der Waals surface area contributed by atoms with Crippen LogP contribution in [0.1, 0.15) is 11.1 Å². The predicted molar refractivity (Wildman–Crippen MR) is 72.9 cm³/mol. The van der Waals surface area contributed by atoms with Gasteiger partial charge in [0, 0.05) is 11.8 Å². The summed E-state index contributed by atoms with van der Waals surface area (Å²) in [6, 6.07) is 11.3. The number of rotatable bonds is 4. The number of benzene rings is 2. The fraction of sp³-hybridized carbons (Fsp3) is 0.133. The molecule has 20 heavy (non-hydrogen) atoms. The van der Waals surface area contributed by atoms with E-state index in [4.69, 9.17) is 20.5 Å². The van der Waals surface area contributed by atoms with Crippen LogP contribution in [0.15, 0.2) is 36.4 Å². The number of nitriles is 1. The number of hydrogen-bond donors (Lipinski definition) is 1. The van der Waals surface area contributed by atoms with Gasteiger partial charge < -0.3 is 15.2 Å². The molecule has 0 aliphatic heterocycles. The minimum Gasteiger partial charge on any atom is -0.495 e. The molecule has 0 saturated carbocycles. The lowest BCUT2D eigenvalue weighted by atomic mass is 10.1. The molecule has 0 amide bonds. The van der Waals surface area contributed by atoms with Crippen molar-refractivity contribution in [1.29, 1.82) is 5.26 Å². The predicted octanol–water partition coefficient (Wildman–Crippen LogP) is 2.87. The van der Waals surface area contributed by atoms with Gasteiger partial charge in [-0.15, -0.1) is 0 Å². The van der Waals surface area contributed by atoms with Crippen LogP contribution in [0.25, 0.3) is 0 Å². The van der Waals surface area contributed by atoms with Gasteiger partial charge in [-0.25, -0.2) is 4.39 Å². The third kappa shape index (κ3) is 2.98. The minimum atomic E-state index is -0.509. The number of nitrogens with zero attached hydrogens (tertiary/aromatic N) is 1. The molecule has 0 unspecified atom stereocenters. The van der Waals surface area contributed by atoms with E-state index in [0.717, 1.165) is 5.56 Å². The summed E-state index contributed by atoms with van der Waals surface area (Å²) < 4.78 is 24.0. The zero-order chi connectivity index (χ0) is 14.5. The van der Waals surface area contributed by atoms with Crippen molar-refractivity contribution >= 4 is 5.69 Å². The Hall–Kier alpha value is -2.74. The summed E-state index contributed by atoms with van der Waals surface area (Å²) in [6.07, 6.45) is 0. The van der Waals surface area contributed by atoms with Gasteiger partial charge in [0.1, 0.15) is 18.4 Å². The van der Waals surface area contributed by atoms with E-state index >= 15 is 0 Å². The Balaban J connectivity index is 2.13. The number of nitrogen functional groups attached to an aromatic ring is 1. The maximum absolute atomic E-state index is 13.5. The molecule has 2 aromatic rings. The highest BCUT2D eigenvalue weighted by molar-refractivity contribution is 5.45. The summed E-state index contributed by atoms with van der Waals surface area (Å²) in [4.78, 5) is 0. The van der Waals surface area contributed by atoms with Crippen molar-refractivity contribution in [2.45, 2.75) is 6.61 Å². The second-order valence-electron chi connectivity index (χ2n) is 4.12. The molecule has 2 aromatic carbocycles. The zero-order valence-corrected chi connectivity index (χ0v) is 10.9. The molecule has 0 aliphatic carbocycles. The minimum absolute atomic E-state index is 0.127. The number of nitrogens with two attached hydrogens (primary N) is 1. The monoisotopic (exact) mass is 272 g/mol. The Morgan fingerprint density at radius 1 is 1.20 bits per heavy atom. The van der Waals surface area contributed by atoms with E-state index in [1.54, 1.807) is 24.3 Å². The fourth-order valence-electron chi connectivity index (χ4n) is 1.71. The van der Waals surface area contributed by atoms with Crippen LogP contribution in [-0.2, 0) is 6.61 Å². The number of methoxy groups -OCH3 is 1. The van der Waals surface area contributed by atoms with Crippen LogP contribution < -0.4 is 15.2 Å². The first-order valence-electron chi connectivity index (χ1n) is 5.89. The van der Waals surface area contributed by atoms with E-state index in [9.17, 15) is 4.39 Å². The molecule has 0 heterocycles. The Bertz CT molecular complexity index is 665. The zero-order valence-electron chi connectivity index (χ0n) is 10.9. The van der Waals surface area contributed by atoms with Gasteiger partial charge in [-0.3, -0.25) is 0 Å². The Kier molecular flexibility index (Phi) is 4.06. The summed E-state index contributed by atoms with van der Waals surface area (Å²) in [5.41, 5.74) is 7.02. The molecule has 2 N–H and O–H groups in total. The van der Waals surface area contributed by atoms with Crippen LogP contribution in [0.3, 0.4) is 0 Å². The second-order valence-corrected chi connectivity index (χ2v) is 4.12. The molecule has 0 aromatic heterocycles. The number of hydrogen-bond acceptors (Lipinski definition) is 4. The van der Waals surface area contributed by atoms with Crippen LogP contribution in [0.5, 0.6) is 11.5 Å². The van der Waals surface area contributed by atoms with Crippen LogP contribution >= 0.6 is 0 Å². The van der Waals surface area contributed by atoms with Crippen molar-refractivity contribution in [1.82, 2.24) is 0 Å². The molecule has 4 nitrogen and oxygen atoms in total. The third-order valence-electron chi connectivity index (χ3n) is 2.74. The van der Waals surface area contributed by atoms with Crippen LogP contribution in [-0.4, -0.2) is 7.11 Å². The van der Waals surface area contributed by atoms with Crippen LogP contribution in [0.2, 0.25) is 0 Å². The molecular weight excluding hydrogens is 259 g/mol. The lowest BCUT2D eigenvalue weighted by Gasteiger charge is -2.09. The second kappa shape index (κ2) is 5.93. The van der Waals surface area contributed by atoms with Gasteiger partial charge in [0.05, 0.1) is 12.7 Å². The summed E-state index contributed by atoms with van der Waals surface area (Å²) in [7, 11) is 1.49. The van der Waals surface area contributed by atoms with Crippen molar-refractivity contribution in [3.63, 3.8) is 0 Å². The van der Waals surface area contributed by atoms with E-state index in [2.05, 4.69) is 0 Å². The van der Waals surface area contributed by atoms with Crippen molar-refractivity contribution < 1.29 is 13.9 Å². The Labute approximate surface area is 116 Å². The lowest BCUT2D eigenvalue weighted by molar-refractivity contribution is 0.289. The summed E-state index contributed by atoms with van der Waals surface area (Å²) in [6.45, 7) is 0.170. The van der Waals surface area contributed by atoms with Gasteiger partial charge in [0.2, 0.25) is 0 Å². The highest BCUT2D eigenvalue weighted by Crippen LogP contribution is 2.23. The van der Waals surface area contributed by atoms with Gasteiger partial charge in [-0.2, -0.15) is 5.26 Å². The smallest absolute Gasteiger partial charge is 0.167 e. The first-order chi connectivity index (χ1) is 9.63. The van der Waals surface area contributed by atoms with E-state index in [1.165, 1.54) is 19.2 Å².